The summed E-state index contributed by atoms with van der Waals surface area (Å²) in [7, 11) is -1.25. The minimum atomic E-state index is -1.25. The van der Waals surface area contributed by atoms with Gasteiger partial charge in [-0.25, -0.2) is 0 Å². The normalized spacial score (nSPS) is 12.1. The van der Waals surface area contributed by atoms with E-state index < -0.39 is 16.7 Å². The van der Waals surface area contributed by atoms with Gasteiger partial charge in [0.05, 0.1) is 0 Å². The van der Waals surface area contributed by atoms with Gasteiger partial charge < -0.3 is 5.73 Å². The fraction of sp³-hybridized carbons (Fsp3) is 0.133. The summed E-state index contributed by atoms with van der Waals surface area (Å²) in [4.78, 5) is 10.7. The maximum absolute atomic E-state index is 11.6. The van der Waals surface area contributed by atoms with Crippen molar-refractivity contribution in [1.29, 1.82) is 0 Å². The molecule has 0 spiro atoms. The van der Waals surface area contributed by atoms with Gasteiger partial charge in [0.25, 0.3) is 0 Å². The van der Waals surface area contributed by atoms with Crippen LogP contribution in [0.25, 0.3) is 11.1 Å². The van der Waals surface area contributed by atoms with Gasteiger partial charge in [0.15, 0.2) is 0 Å². The fourth-order valence-corrected chi connectivity index (χ4v) is 2.94. The first-order chi connectivity index (χ1) is 9.54. The first-order valence-corrected chi connectivity index (χ1v) is 7.89. The molecule has 0 heterocycles. The van der Waals surface area contributed by atoms with Gasteiger partial charge in [0.1, 0.15) is 5.75 Å². The molecule has 0 aromatic heterocycles. The van der Waals surface area contributed by atoms with Gasteiger partial charge in [-0.2, -0.15) is 0 Å². The Morgan fingerprint density at radius 2 is 1.50 bits per heavy atom. The van der Waals surface area contributed by atoms with Crippen LogP contribution >= 0.6 is 11.6 Å². The smallest absolute Gasteiger partial charge is 0.230 e. The van der Waals surface area contributed by atoms with Crippen molar-refractivity contribution in [3.05, 3.63) is 59.1 Å². The Kier molecular flexibility index (Phi) is 4.93. The first-order valence-electron chi connectivity index (χ1n) is 6.03. The largest absolute Gasteiger partial charge is 0.369 e. The van der Waals surface area contributed by atoms with E-state index in [1.165, 1.54) is 0 Å². The summed E-state index contributed by atoms with van der Waals surface area (Å²) in [5.74, 6) is -0.302. The van der Waals surface area contributed by atoms with Gasteiger partial charge in [0.2, 0.25) is 5.91 Å². The summed E-state index contributed by atoms with van der Waals surface area (Å²) >= 11 is 5.85. The van der Waals surface area contributed by atoms with E-state index in [-0.39, 0.29) is 5.75 Å². The zero-order chi connectivity index (χ0) is 14.5. The van der Waals surface area contributed by atoms with Crippen molar-refractivity contribution in [3.63, 3.8) is 0 Å². The Morgan fingerprint density at radius 1 is 1.00 bits per heavy atom. The highest BCUT2D eigenvalue weighted by Crippen LogP contribution is 2.22. The molecule has 20 heavy (non-hydrogen) atoms. The van der Waals surface area contributed by atoms with Gasteiger partial charge in [-0.3, -0.25) is 9.00 Å². The third-order valence-electron chi connectivity index (χ3n) is 2.76. The SMILES string of the molecule is NC(=O)C[S@](=O)Cc1ccc(-c2ccc(Cl)cc2)cc1. The van der Waals surface area contributed by atoms with E-state index in [4.69, 9.17) is 17.3 Å². The molecule has 1 amide bonds. The number of primary amides is 1. The van der Waals surface area contributed by atoms with Crippen LogP contribution in [0.1, 0.15) is 5.56 Å². The lowest BCUT2D eigenvalue weighted by atomic mass is 10.0. The molecule has 0 aliphatic heterocycles. The van der Waals surface area contributed by atoms with Crippen molar-refractivity contribution in [2.45, 2.75) is 5.75 Å². The molecule has 104 valence electrons. The van der Waals surface area contributed by atoms with Crippen LogP contribution in [0.3, 0.4) is 0 Å². The third kappa shape index (κ3) is 4.18. The van der Waals surface area contributed by atoms with Gasteiger partial charge in [-0.1, -0.05) is 48.0 Å². The van der Waals surface area contributed by atoms with Crippen LogP contribution in [-0.4, -0.2) is 15.9 Å². The lowest BCUT2D eigenvalue weighted by Crippen LogP contribution is -2.20. The van der Waals surface area contributed by atoms with Crippen LogP contribution in [0.5, 0.6) is 0 Å². The zero-order valence-electron chi connectivity index (χ0n) is 10.7. The van der Waals surface area contributed by atoms with Crippen LogP contribution in [0.4, 0.5) is 0 Å². The van der Waals surface area contributed by atoms with E-state index in [1.54, 1.807) is 0 Å². The van der Waals surface area contributed by atoms with E-state index in [1.807, 2.05) is 48.5 Å². The quantitative estimate of drug-likeness (QED) is 0.923. The Labute approximate surface area is 125 Å². The zero-order valence-corrected chi connectivity index (χ0v) is 12.3. The molecule has 2 aromatic carbocycles. The number of carbonyl (C=O) groups is 1. The second-order valence-corrected chi connectivity index (χ2v) is 6.29. The maximum atomic E-state index is 11.6. The van der Waals surface area contributed by atoms with E-state index >= 15 is 0 Å². The van der Waals surface area contributed by atoms with E-state index in [9.17, 15) is 9.00 Å². The molecule has 1 atom stereocenters. The van der Waals surface area contributed by atoms with Crippen LogP contribution in [0.15, 0.2) is 48.5 Å². The molecule has 0 fully saturated rings. The highest BCUT2D eigenvalue weighted by molar-refractivity contribution is 7.84. The summed E-state index contributed by atoms with van der Waals surface area (Å²) in [6, 6.07) is 15.3. The second-order valence-electron chi connectivity index (χ2n) is 4.40. The van der Waals surface area contributed by atoms with Gasteiger partial charge in [0, 0.05) is 21.6 Å². The monoisotopic (exact) mass is 307 g/mol. The lowest BCUT2D eigenvalue weighted by molar-refractivity contribution is -0.115. The summed E-state index contributed by atoms with van der Waals surface area (Å²) in [5.41, 5.74) is 8.07. The van der Waals surface area contributed by atoms with Crippen LogP contribution in [-0.2, 0) is 21.3 Å². The number of rotatable bonds is 5. The number of nitrogens with two attached hydrogens (primary N) is 1. The highest BCUT2D eigenvalue weighted by atomic mass is 35.5. The molecule has 0 aliphatic rings. The number of halogens is 1. The molecule has 5 heteroatoms. The molecule has 0 aliphatic carbocycles. The first kappa shape index (κ1) is 14.8. The molecule has 0 saturated heterocycles. The van der Waals surface area contributed by atoms with Crippen molar-refractivity contribution in [3.8, 4) is 11.1 Å². The molecule has 0 unspecified atom stereocenters. The molecular formula is C15H14ClNO2S. The molecule has 3 nitrogen and oxygen atoms in total. The number of carbonyl (C=O) groups excluding carboxylic acids is 1. The molecular weight excluding hydrogens is 294 g/mol. The predicted molar refractivity (Wildman–Crippen MR) is 82.8 cm³/mol. The van der Waals surface area contributed by atoms with Crippen molar-refractivity contribution in [2.75, 3.05) is 5.75 Å². The minimum Gasteiger partial charge on any atom is -0.369 e. The number of amides is 1. The summed E-state index contributed by atoms with van der Waals surface area (Å²) in [5, 5.41) is 0.701. The number of hydrogen-bond acceptors (Lipinski definition) is 2. The summed E-state index contributed by atoms with van der Waals surface area (Å²) in [6.45, 7) is 0. The maximum Gasteiger partial charge on any atom is 0.230 e. The molecule has 2 aromatic rings. The van der Waals surface area contributed by atoms with E-state index in [0.717, 1.165) is 16.7 Å². The fourth-order valence-electron chi connectivity index (χ4n) is 1.83. The third-order valence-corrected chi connectivity index (χ3v) is 4.28. The number of benzene rings is 2. The lowest BCUT2D eigenvalue weighted by Gasteiger charge is -2.04. The second kappa shape index (κ2) is 6.68. The molecule has 2 rings (SSSR count). The molecule has 0 saturated carbocycles. The van der Waals surface area contributed by atoms with Gasteiger partial charge in [-0.05, 0) is 28.8 Å². The van der Waals surface area contributed by atoms with E-state index in [2.05, 4.69) is 0 Å². The average Bonchev–Trinajstić information content (AvgIpc) is 2.39. The summed E-state index contributed by atoms with van der Waals surface area (Å²) in [6.07, 6.45) is 0. The van der Waals surface area contributed by atoms with E-state index in [0.29, 0.717) is 10.8 Å². The standard InChI is InChI=1S/C15H14ClNO2S/c16-14-7-5-13(6-8-14)12-3-1-11(2-4-12)9-20(19)10-15(17)18/h1-8H,9-10H2,(H2,17,18)/t20-/m1/s1. The van der Waals surface area contributed by atoms with Crippen LogP contribution in [0, 0.1) is 0 Å². The van der Waals surface area contributed by atoms with Crippen LogP contribution in [0.2, 0.25) is 5.02 Å². The highest BCUT2D eigenvalue weighted by Gasteiger charge is 2.06. The van der Waals surface area contributed by atoms with Crippen molar-refractivity contribution in [1.82, 2.24) is 0 Å². The van der Waals surface area contributed by atoms with Crippen LogP contribution < -0.4 is 5.73 Å². The Hall–Kier alpha value is -1.65. The summed E-state index contributed by atoms with van der Waals surface area (Å²) < 4.78 is 11.6. The molecule has 0 bridgehead atoms. The van der Waals surface area contributed by atoms with Crippen molar-refractivity contribution < 1.29 is 9.00 Å². The van der Waals surface area contributed by atoms with Crippen molar-refractivity contribution >= 4 is 28.3 Å². The Bertz CT molecular complexity index is 623. The predicted octanol–water partition coefficient (Wildman–Crippen LogP) is 2.74. The van der Waals surface area contributed by atoms with Gasteiger partial charge >= 0.3 is 0 Å². The molecule has 2 N–H and O–H groups in total. The average molecular weight is 308 g/mol. The molecule has 0 radical (unpaired) electrons. The van der Waals surface area contributed by atoms with Crippen molar-refractivity contribution in [2.24, 2.45) is 5.73 Å². The Balaban J connectivity index is 2.08. The number of hydrogen-bond donors (Lipinski definition) is 1. The van der Waals surface area contributed by atoms with Gasteiger partial charge in [-0.15, -0.1) is 0 Å². The Morgan fingerprint density at radius 3 is 2.00 bits per heavy atom. The minimum absolute atomic E-state index is 0.0983. The topological polar surface area (TPSA) is 60.2 Å².